The molecular formula is C40H54Si. The summed E-state index contributed by atoms with van der Waals surface area (Å²) in [6.07, 6.45) is 10.1. The molecule has 4 rings (SSSR count). The van der Waals surface area contributed by atoms with E-state index in [-0.39, 0.29) is 5.41 Å². The molecule has 1 aliphatic rings. The quantitative estimate of drug-likeness (QED) is 0.170. The zero-order valence-electron chi connectivity index (χ0n) is 27.6. The summed E-state index contributed by atoms with van der Waals surface area (Å²) in [5.41, 5.74) is 7.46. The summed E-state index contributed by atoms with van der Waals surface area (Å²) in [6.45, 7) is 23.9. The van der Waals surface area contributed by atoms with Gasteiger partial charge in [-0.25, -0.2) is 0 Å². The topological polar surface area (TPSA) is 0 Å². The Morgan fingerprint density at radius 3 is 1.80 bits per heavy atom. The third kappa shape index (κ3) is 6.26. The molecule has 3 aromatic carbocycles. The highest BCUT2D eigenvalue weighted by atomic mass is 28.3. The molecule has 0 nitrogen and oxygen atoms in total. The van der Waals surface area contributed by atoms with Crippen LogP contribution in [0, 0.1) is 5.41 Å². The fourth-order valence-corrected chi connectivity index (χ4v) is 12.8. The lowest BCUT2D eigenvalue weighted by molar-refractivity contribution is 0.523. The van der Waals surface area contributed by atoms with E-state index in [0.717, 1.165) is 0 Å². The van der Waals surface area contributed by atoms with Gasteiger partial charge in [0, 0.05) is 0 Å². The minimum Gasteiger partial charge on any atom is -0.0654 e. The highest BCUT2D eigenvalue weighted by Crippen LogP contribution is 2.48. The van der Waals surface area contributed by atoms with Gasteiger partial charge in [-0.15, -0.1) is 0 Å². The fraction of sp³-hybridized carbons (Fsp3) is 0.450. The lowest BCUT2D eigenvalue weighted by Gasteiger charge is -2.51. The molecule has 1 unspecified atom stereocenters. The second kappa shape index (κ2) is 12.7. The average molecular weight is 563 g/mol. The third-order valence-electron chi connectivity index (χ3n) is 9.03. The summed E-state index contributed by atoms with van der Waals surface area (Å²) >= 11 is 0. The van der Waals surface area contributed by atoms with Crippen LogP contribution in [0.15, 0.2) is 83.2 Å². The molecule has 0 aliphatic carbocycles. The van der Waals surface area contributed by atoms with Crippen molar-refractivity contribution in [1.82, 2.24) is 0 Å². The number of hydrogen-bond donors (Lipinski definition) is 0. The first-order valence-electron chi connectivity index (χ1n) is 16.2. The van der Waals surface area contributed by atoms with Crippen molar-refractivity contribution in [3.63, 3.8) is 0 Å². The molecule has 0 radical (unpaired) electrons. The van der Waals surface area contributed by atoms with Gasteiger partial charge in [-0.1, -0.05) is 166 Å². The van der Waals surface area contributed by atoms with Crippen LogP contribution in [-0.2, 0) is 6.42 Å². The van der Waals surface area contributed by atoms with Gasteiger partial charge in [0.2, 0.25) is 0 Å². The number of unbranched alkanes of at least 4 members (excludes halogenated alkanes) is 2. The monoisotopic (exact) mass is 562 g/mol. The minimum atomic E-state index is -2.46. The van der Waals surface area contributed by atoms with E-state index in [1.165, 1.54) is 47.6 Å². The van der Waals surface area contributed by atoms with Gasteiger partial charge in [-0.3, -0.25) is 0 Å². The van der Waals surface area contributed by atoms with Crippen LogP contribution in [0.5, 0.6) is 0 Å². The Hall–Kier alpha value is -2.64. The van der Waals surface area contributed by atoms with Crippen molar-refractivity contribution in [2.24, 2.45) is 5.41 Å². The van der Waals surface area contributed by atoms with E-state index < -0.39 is 8.07 Å². The van der Waals surface area contributed by atoms with Gasteiger partial charge in [0.1, 0.15) is 0 Å². The molecule has 0 saturated heterocycles. The summed E-state index contributed by atoms with van der Waals surface area (Å²) in [5, 5.41) is 6.39. The Labute approximate surface area is 253 Å². The van der Waals surface area contributed by atoms with Crippen LogP contribution in [0.25, 0.3) is 6.08 Å². The van der Waals surface area contributed by atoms with Gasteiger partial charge in [0.05, 0.1) is 0 Å². The Kier molecular flexibility index (Phi) is 9.69. The number of allylic oxidation sites excluding steroid dienone is 3. The first-order chi connectivity index (χ1) is 19.4. The molecule has 41 heavy (non-hydrogen) atoms. The Bertz CT molecular complexity index is 1350. The molecule has 218 valence electrons. The molecule has 0 bridgehead atoms. The van der Waals surface area contributed by atoms with Crippen LogP contribution >= 0.6 is 0 Å². The summed E-state index contributed by atoms with van der Waals surface area (Å²) in [7, 11) is -2.46. The van der Waals surface area contributed by atoms with E-state index in [9.17, 15) is 0 Å². The highest BCUT2D eigenvalue weighted by Gasteiger charge is 2.55. The summed E-state index contributed by atoms with van der Waals surface area (Å²) in [4.78, 5) is 0. The van der Waals surface area contributed by atoms with E-state index >= 15 is 0 Å². The van der Waals surface area contributed by atoms with Gasteiger partial charge in [0.15, 0.2) is 8.07 Å². The molecule has 1 heteroatoms. The molecule has 1 heterocycles. The van der Waals surface area contributed by atoms with E-state index in [1.54, 1.807) is 26.7 Å². The first kappa shape index (κ1) is 31.3. The van der Waals surface area contributed by atoms with Crippen LogP contribution < -0.4 is 10.4 Å². The SMILES string of the molecule is CCCCCc1ccc(/C=C2\C=C(C(C)(C)C)[Si]2(c2ccccc2)c2c(C(C)C)cc(C(C)C)cc2C(C)C)cc1. The van der Waals surface area contributed by atoms with Crippen molar-refractivity contribution in [3.8, 4) is 0 Å². The Morgan fingerprint density at radius 2 is 1.32 bits per heavy atom. The van der Waals surface area contributed by atoms with Crippen LogP contribution in [-0.4, -0.2) is 8.07 Å². The van der Waals surface area contributed by atoms with E-state index in [2.05, 4.69) is 148 Å². The van der Waals surface area contributed by atoms with Crippen LogP contribution in [0.3, 0.4) is 0 Å². The van der Waals surface area contributed by atoms with Crippen LogP contribution in [0.4, 0.5) is 0 Å². The number of hydrogen-bond acceptors (Lipinski definition) is 0. The second-order valence-corrected chi connectivity index (χ2v) is 18.0. The second-order valence-electron chi connectivity index (χ2n) is 14.3. The Morgan fingerprint density at radius 1 is 0.732 bits per heavy atom. The largest absolute Gasteiger partial charge is 0.176 e. The van der Waals surface area contributed by atoms with Gasteiger partial charge in [-0.05, 0) is 79.4 Å². The number of benzene rings is 3. The standard InChI is InChI=1S/C40H54Si/c1-11-12-14-17-31-20-22-32(23-21-31)24-35-27-38(40(8,9)10)41(35,34-18-15-13-16-19-34)39-36(29(4)5)25-33(28(2)3)26-37(39)30(6)7/h13,15-16,18-30H,11-12,14,17H2,1-10H3/b35-24+. The molecule has 3 aromatic rings. The van der Waals surface area contributed by atoms with Crippen LogP contribution in [0.2, 0.25) is 0 Å². The molecule has 0 aromatic heterocycles. The maximum Gasteiger partial charge on any atom is 0.176 e. The molecular weight excluding hydrogens is 509 g/mol. The minimum absolute atomic E-state index is 0.0851. The van der Waals surface area contributed by atoms with Crippen molar-refractivity contribution in [1.29, 1.82) is 0 Å². The smallest absolute Gasteiger partial charge is 0.0654 e. The van der Waals surface area contributed by atoms with Gasteiger partial charge < -0.3 is 0 Å². The zero-order chi connectivity index (χ0) is 29.9. The predicted molar refractivity (Wildman–Crippen MR) is 185 cm³/mol. The fourth-order valence-electron chi connectivity index (χ4n) is 6.74. The van der Waals surface area contributed by atoms with E-state index in [0.29, 0.717) is 17.8 Å². The van der Waals surface area contributed by atoms with E-state index in [1.807, 2.05) is 0 Å². The molecule has 0 N–H and O–H groups in total. The molecule has 0 spiro atoms. The lowest BCUT2D eigenvalue weighted by Crippen LogP contribution is -2.69. The molecule has 0 saturated carbocycles. The predicted octanol–water partition coefficient (Wildman–Crippen LogP) is 10.5. The average Bonchev–Trinajstić information content (AvgIpc) is 2.91. The van der Waals surface area contributed by atoms with Crippen molar-refractivity contribution in [2.45, 2.75) is 113 Å². The van der Waals surface area contributed by atoms with E-state index in [4.69, 9.17) is 0 Å². The zero-order valence-corrected chi connectivity index (χ0v) is 28.6. The van der Waals surface area contributed by atoms with Gasteiger partial charge >= 0.3 is 0 Å². The number of aryl methyl sites for hydroxylation is 1. The summed E-state index contributed by atoms with van der Waals surface area (Å²) in [6, 6.07) is 26.1. The first-order valence-corrected chi connectivity index (χ1v) is 18.2. The summed E-state index contributed by atoms with van der Waals surface area (Å²) in [5.74, 6) is 1.43. The van der Waals surface area contributed by atoms with Crippen LogP contribution in [0.1, 0.15) is 134 Å². The maximum absolute atomic E-state index is 2.57. The van der Waals surface area contributed by atoms with Crippen molar-refractivity contribution < 1.29 is 0 Å². The van der Waals surface area contributed by atoms with Crippen molar-refractivity contribution in [2.75, 3.05) is 0 Å². The molecule has 1 atom stereocenters. The lowest BCUT2D eigenvalue weighted by atomic mass is 9.89. The van der Waals surface area contributed by atoms with Crippen molar-refractivity contribution >= 4 is 24.5 Å². The van der Waals surface area contributed by atoms with Gasteiger partial charge in [-0.2, -0.15) is 0 Å². The normalized spacial score (nSPS) is 18.4. The highest BCUT2D eigenvalue weighted by molar-refractivity contribution is 7.16. The van der Waals surface area contributed by atoms with Crippen molar-refractivity contribution in [3.05, 3.63) is 111 Å². The molecule has 0 fully saturated rings. The Balaban J connectivity index is 2.04. The summed E-state index contributed by atoms with van der Waals surface area (Å²) < 4.78 is 0. The maximum atomic E-state index is 2.57. The molecule has 0 amide bonds. The third-order valence-corrected chi connectivity index (χ3v) is 14.4. The number of rotatable bonds is 10. The van der Waals surface area contributed by atoms with Gasteiger partial charge in [0.25, 0.3) is 0 Å². The molecule has 1 aliphatic heterocycles.